The van der Waals surface area contributed by atoms with Crippen LogP contribution in [0.4, 0.5) is 15.8 Å². The number of hydrogen-bond acceptors (Lipinski definition) is 2. The van der Waals surface area contributed by atoms with Crippen LogP contribution in [0.2, 0.25) is 0 Å². The van der Waals surface area contributed by atoms with Gasteiger partial charge in [-0.2, -0.15) is 0 Å². The molecule has 1 aromatic heterocycles. The quantitative estimate of drug-likeness (QED) is 0.588. The van der Waals surface area contributed by atoms with Gasteiger partial charge in [-0.1, -0.05) is 44.9 Å². The van der Waals surface area contributed by atoms with Gasteiger partial charge in [0.1, 0.15) is 5.82 Å². The van der Waals surface area contributed by atoms with Crippen LogP contribution in [0.5, 0.6) is 0 Å². The van der Waals surface area contributed by atoms with Crippen molar-refractivity contribution in [2.45, 2.75) is 39.5 Å². The van der Waals surface area contributed by atoms with Crippen molar-refractivity contribution in [1.29, 1.82) is 0 Å². The maximum atomic E-state index is 13.9. The molecule has 0 saturated heterocycles. The van der Waals surface area contributed by atoms with Crippen molar-refractivity contribution < 1.29 is 9.18 Å². The number of aromatic nitrogens is 1. The van der Waals surface area contributed by atoms with E-state index in [4.69, 9.17) is 0 Å². The number of para-hydroxylation sites is 1. The van der Waals surface area contributed by atoms with Gasteiger partial charge >= 0.3 is 0 Å². The number of anilines is 2. The summed E-state index contributed by atoms with van der Waals surface area (Å²) in [5, 5.41) is 0.979. The van der Waals surface area contributed by atoms with E-state index in [1.165, 1.54) is 6.07 Å². The number of hydrogen-bond donors (Lipinski definition) is 0. The zero-order chi connectivity index (χ0) is 19.0. The zero-order valence-electron chi connectivity index (χ0n) is 15.7. The van der Waals surface area contributed by atoms with Crippen LogP contribution in [0, 0.1) is 11.2 Å². The van der Waals surface area contributed by atoms with Gasteiger partial charge in [0.15, 0.2) is 0 Å². The molecule has 0 bridgehead atoms. The van der Waals surface area contributed by atoms with Crippen molar-refractivity contribution in [3.05, 3.63) is 66.1 Å². The summed E-state index contributed by atoms with van der Waals surface area (Å²) in [6.07, 6.45) is 5.08. The Labute approximate surface area is 158 Å². The fraction of sp³-hybridized carbons (Fsp3) is 0.304. The third-order valence-electron chi connectivity index (χ3n) is 5.50. The zero-order valence-corrected chi connectivity index (χ0v) is 15.7. The van der Waals surface area contributed by atoms with Crippen molar-refractivity contribution in [2.24, 2.45) is 5.41 Å². The third-order valence-corrected chi connectivity index (χ3v) is 5.50. The molecule has 3 aromatic rings. The molecule has 1 atom stereocenters. The number of amides is 1. The predicted octanol–water partition coefficient (Wildman–Crippen LogP) is 5.79. The molecule has 1 aliphatic rings. The summed E-state index contributed by atoms with van der Waals surface area (Å²) in [6, 6.07) is 14.5. The number of pyridine rings is 1. The monoisotopic (exact) mass is 362 g/mol. The van der Waals surface area contributed by atoms with Crippen molar-refractivity contribution in [2.75, 3.05) is 4.90 Å². The molecule has 0 aliphatic carbocycles. The second kappa shape index (κ2) is 6.76. The van der Waals surface area contributed by atoms with Crippen molar-refractivity contribution >= 4 is 28.2 Å². The number of rotatable bonds is 4. The Morgan fingerprint density at radius 2 is 2.00 bits per heavy atom. The molecule has 0 saturated carbocycles. The predicted molar refractivity (Wildman–Crippen MR) is 107 cm³/mol. The minimum atomic E-state index is -0.539. The molecular weight excluding hydrogens is 339 g/mol. The summed E-state index contributed by atoms with van der Waals surface area (Å²) in [5.41, 5.74) is 2.71. The molecule has 4 heteroatoms. The summed E-state index contributed by atoms with van der Waals surface area (Å²) in [5.74, 6) is -0.204. The van der Waals surface area contributed by atoms with Gasteiger partial charge in [0.05, 0.1) is 28.5 Å². The van der Waals surface area contributed by atoms with Gasteiger partial charge < -0.3 is 0 Å². The van der Waals surface area contributed by atoms with Gasteiger partial charge in [-0.25, -0.2) is 4.39 Å². The molecule has 1 unspecified atom stereocenters. The van der Waals surface area contributed by atoms with Crippen LogP contribution in [-0.2, 0) is 11.2 Å². The van der Waals surface area contributed by atoms with Gasteiger partial charge in [0.2, 0.25) is 5.91 Å². The highest BCUT2D eigenvalue weighted by Crippen LogP contribution is 2.44. The molecule has 0 radical (unpaired) electrons. The maximum Gasteiger partial charge on any atom is 0.237 e. The lowest BCUT2D eigenvalue weighted by molar-refractivity contribution is -0.127. The molecule has 1 amide bonds. The summed E-state index contributed by atoms with van der Waals surface area (Å²) < 4.78 is 13.9. The van der Waals surface area contributed by atoms with E-state index in [1.54, 1.807) is 23.2 Å². The molecule has 2 aromatic carbocycles. The van der Waals surface area contributed by atoms with E-state index in [-0.39, 0.29) is 11.7 Å². The molecule has 138 valence electrons. The largest absolute Gasteiger partial charge is 0.279 e. The van der Waals surface area contributed by atoms with Gasteiger partial charge in [-0.3, -0.25) is 14.7 Å². The van der Waals surface area contributed by atoms with E-state index in [9.17, 15) is 9.18 Å². The topological polar surface area (TPSA) is 33.2 Å². The van der Waals surface area contributed by atoms with Crippen LogP contribution in [0.1, 0.15) is 38.7 Å². The molecular formula is C23H23FN2O. The molecule has 1 aliphatic heterocycles. The first kappa shape index (κ1) is 17.7. The van der Waals surface area contributed by atoms with Gasteiger partial charge in [-0.15, -0.1) is 0 Å². The number of halogens is 1. The minimum absolute atomic E-state index is 0.0622. The van der Waals surface area contributed by atoms with E-state index in [2.05, 4.69) is 11.9 Å². The van der Waals surface area contributed by atoms with Crippen molar-refractivity contribution in [3.8, 4) is 0 Å². The average Bonchev–Trinajstić information content (AvgIpc) is 2.67. The Bertz CT molecular complexity index is 1020. The van der Waals surface area contributed by atoms with Crippen LogP contribution in [0.3, 0.4) is 0 Å². The van der Waals surface area contributed by atoms with Gasteiger partial charge in [0, 0.05) is 5.39 Å². The van der Waals surface area contributed by atoms with E-state index in [0.717, 1.165) is 47.1 Å². The number of carbonyl (C=O) groups excluding carboxylic acids is 1. The summed E-state index contributed by atoms with van der Waals surface area (Å²) in [6.45, 7) is 4.12. The summed E-state index contributed by atoms with van der Waals surface area (Å²) in [7, 11) is 0. The van der Waals surface area contributed by atoms with Crippen molar-refractivity contribution in [3.63, 3.8) is 0 Å². The van der Waals surface area contributed by atoms with E-state index >= 15 is 0 Å². The highest BCUT2D eigenvalue weighted by molar-refractivity contribution is 6.07. The molecule has 27 heavy (non-hydrogen) atoms. The highest BCUT2D eigenvalue weighted by Gasteiger charge is 2.42. The fourth-order valence-corrected chi connectivity index (χ4v) is 3.99. The van der Waals surface area contributed by atoms with Crippen LogP contribution < -0.4 is 4.90 Å². The van der Waals surface area contributed by atoms with E-state index < -0.39 is 5.41 Å². The van der Waals surface area contributed by atoms with Crippen LogP contribution >= 0.6 is 0 Å². The summed E-state index contributed by atoms with van der Waals surface area (Å²) in [4.78, 5) is 19.8. The lowest BCUT2D eigenvalue weighted by Crippen LogP contribution is -2.45. The molecule has 3 nitrogen and oxygen atoms in total. The SMILES string of the molecule is CCCCC1(C)Cc2cc(F)ccc2N(c2cnc3ccccc3c2)C1=O. The molecule has 0 spiro atoms. The van der Waals surface area contributed by atoms with E-state index in [0.29, 0.717) is 6.42 Å². The first-order valence-electron chi connectivity index (χ1n) is 9.49. The second-order valence-electron chi connectivity index (χ2n) is 7.64. The number of nitrogens with zero attached hydrogens (tertiary/aromatic N) is 2. The maximum absolute atomic E-state index is 13.9. The van der Waals surface area contributed by atoms with Crippen LogP contribution in [0.15, 0.2) is 54.7 Å². The standard InChI is InChI=1S/C23H23FN2O/c1-3-4-11-23(2)14-17-12-18(24)9-10-21(17)26(22(23)27)19-13-16-7-5-6-8-20(16)25-15-19/h5-10,12-13,15H,3-4,11,14H2,1-2H3. The van der Waals surface area contributed by atoms with Gasteiger partial charge in [0.25, 0.3) is 0 Å². The lowest BCUT2D eigenvalue weighted by atomic mass is 9.74. The molecule has 0 fully saturated rings. The Morgan fingerprint density at radius 3 is 2.81 bits per heavy atom. The number of unbranched alkanes of at least 4 members (excludes halogenated alkanes) is 1. The third kappa shape index (κ3) is 3.09. The normalized spacial score (nSPS) is 19.4. The Balaban J connectivity index is 1.86. The minimum Gasteiger partial charge on any atom is -0.279 e. The van der Waals surface area contributed by atoms with Crippen molar-refractivity contribution in [1.82, 2.24) is 4.98 Å². The Morgan fingerprint density at radius 1 is 1.19 bits per heavy atom. The van der Waals surface area contributed by atoms with Crippen LogP contribution in [0.25, 0.3) is 10.9 Å². The molecule has 0 N–H and O–H groups in total. The number of carbonyl (C=O) groups is 1. The lowest BCUT2D eigenvalue weighted by Gasteiger charge is -2.40. The van der Waals surface area contributed by atoms with Gasteiger partial charge in [-0.05, 0) is 48.7 Å². The first-order chi connectivity index (χ1) is 13.0. The smallest absolute Gasteiger partial charge is 0.237 e. The highest BCUT2D eigenvalue weighted by atomic mass is 19.1. The average molecular weight is 362 g/mol. The molecule has 2 heterocycles. The van der Waals surface area contributed by atoms with Crippen LogP contribution in [-0.4, -0.2) is 10.9 Å². The second-order valence-corrected chi connectivity index (χ2v) is 7.64. The Kier molecular flexibility index (Phi) is 4.42. The number of benzene rings is 2. The molecule has 4 rings (SSSR count). The first-order valence-corrected chi connectivity index (χ1v) is 9.49. The number of fused-ring (bicyclic) bond motifs is 2. The summed E-state index contributed by atoms with van der Waals surface area (Å²) >= 11 is 0. The van der Waals surface area contributed by atoms with E-state index in [1.807, 2.05) is 37.3 Å². The fourth-order valence-electron chi connectivity index (χ4n) is 3.99. The Hall–Kier alpha value is -2.75.